The van der Waals surface area contributed by atoms with Crippen LogP contribution < -0.4 is 15.5 Å². The van der Waals surface area contributed by atoms with Gasteiger partial charge in [-0.1, -0.05) is 0 Å². The summed E-state index contributed by atoms with van der Waals surface area (Å²) in [7, 11) is 1.84. The Morgan fingerprint density at radius 3 is 2.59 bits per heavy atom. The number of hydrogen-bond acceptors (Lipinski definition) is 7. The summed E-state index contributed by atoms with van der Waals surface area (Å²) in [5, 5.41) is 10.5. The molecule has 146 valence electrons. The molecule has 2 N–H and O–H groups in total. The van der Waals surface area contributed by atoms with Gasteiger partial charge in [-0.3, -0.25) is 9.48 Å². The number of aryl methyl sites for hydroxylation is 3. The molecule has 0 spiro atoms. The summed E-state index contributed by atoms with van der Waals surface area (Å²) in [6.07, 6.45) is 0. The highest BCUT2D eigenvalue weighted by Gasteiger charge is 2.17. The van der Waals surface area contributed by atoms with Crippen molar-refractivity contribution < 1.29 is 9.53 Å². The van der Waals surface area contributed by atoms with Crippen molar-refractivity contribution >= 4 is 17.5 Å². The fraction of sp³-hybridized carbons (Fsp3) is 0.556. The third-order valence-corrected chi connectivity index (χ3v) is 4.61. The predicted octanol–water partition coefficient (Wildman–Crippen LogP) is 0.814. The minimum absolute atomic E-state index is 0.104. The molecule has 1 aliphatic rings. The van der Waals surface area contributed by atoms with Crippen LogP contribution in [0.25, 0.3) is 0 Å². The summed E-state index contributed by atoms with van der Waals surface area (Å²) < 4.78 is 7.11. The first kappa shape index (κ1) is 19.1. The summed E-state index contributed by atoms with van der Waals surface area (Å²) in [4.78, 5) is 23.5. The van der Waals surface area contributed by atoms with Crippen LogP contribution >= 0.6 is 0 Å². The van der Waals surface area contributed by atoms with Crippen LogP contribution in [0.3, 0.4) is 0 Å². The molecule has 0 unspecified atom stereocenters. The molecule has 3 heterocycles. The number of carbonyl (C=O) groups excluding carboxylic acids is 1. The van der Waals surface area contributed by atoms with Crippen LogP contribution in [0.2, 0.25) is 0 Å². The molecule has 0 radical (unpaired) electrons. The predicted molar refractivity (Wildman–Crippen MR) is 103 cm³/mol. The van der Waals surface area contributed by atoms with Gasteiger partial charge in [0.1, 0.15) is 17.5 Å². The minimum Gasteiger partial charge on any atom is -0.378 e. The smallest absolute Gasteiger partial charge is 0.255 e. The lowest BCUT2D eigenvalue weighted by molar-refractivity contribution is 0.0954. The Morgan fingerprint density at radius 1 is 1.19 bits per heavy atom. The minimum atomic E-state index is -0.104. The van der Waals surface area contributed by atoms with Crippen LogP contribution in [0.5, 0.6) is 0 Å². The van der Waals surface area contributed by atoms with Gasteiger partial charge in [-0.15, -0.1) is 0 Å². The number of carbonyl (C=O) groups is 1. The normalized spacial score (nSPS) is 14.3. The van der Waals surface area contributed by atoms with Gasteiger partial charge < -0.3 is 20.3 Å². The first-order valence-corrected chi connectivity index (χ1v) is 9.16. The molecule has 0 bridgehead atoms. The summed E-state index contributed by atoms with van der Waals surface area (Å²) in [6.45, 7) is 9.76. The van der Waals surface area contributed by atoms with Gasteiger partial charge in [0, 0.05) is 45.0 Å². The number of hydrogen-bond donors (Lipinski definition) is 2. The van der Waals surface area contributed by atoms with Gasteiger partial charge in [0.15, 0.2) is 0 Å². The summed E-state index contributed by atoms with van der Waals surface area (Å²) in [6, 6.07) is 1.94. The van der Waals surface area contributed by atoms with Crippen molar-refractivity contribution in [3.05, 3.63) is 28.8 Å². The number of aromatic nitrogens is 4. The lowest BCUT2D eigenvalue weighted by Crippen LogP contribution is -2.37. The highest BCUT2D eigenvalue weighted by molar-refractivity contribution is 5.96. The van der Waals surface area contributed by atoms with Crippen molar-refractivity contribution in [1.82, 2.24) is 25.1 Å². The van der Waals surface area contributed by atoms with Crippen LogP contribution in [0.15, 0.2) is 6.07 Å². The zero-order valence-corrected chi connectivity index (χ0v) is 16.4. The van der Waals surface area contributed by atoms with Crippen LogP contribution in [0, 0.1) is 20.8 Å². The van der Waals surface area contributed by atoms with Crippen molar-refractivity contribution in [3.8, 4) is 0 Å². The molecule has 2 aromatic heterocycles. The lowest BCUT2D eigenvalue weighted by atomic mass is 10.2. The van der Waals surface area contributed by atoms with Crippen LogP contribution in [-0.4, -0.2) is 65.0 Å². The molecule has 9 heteroatoms. The average molecular weight is 373 g/mol. The number of ether oxygens (including phenoxy) is 1. The number of morpholine rings is 1. The van der Waals surface area contributed by atoms with Crippen molar-refractivity contribution in [2.24, 2.45) is 7.05 Å². The first-order valence-electron chi connectivity index (χ1n) is 9.16. The molecule has 1 fully saturated rings. The molecule has 27 heavy (non-hydrogen) atoms. The standard InChI is InChI=1S/C18H27N7O2/c1-12-17(13(2)24(4)23-12)18(26)20-6-5-19-15-11-16(22-14(3)21-15)25-7-9-27-10-8-25/h11H,5-10H2,1-4H3,(H,20,26)(H,19,21,22). The van der Waals surface area contributed by atoms with Crippen molar-refractivity contribution in [1.29, 1.82) is 0 Å². The monoisotopic (exact) mass is 373 g/mol. The van der Waals surface area contributed by atoms with E-state index in [1.165, 1.54) is 0 Å². The SMILES string of the molecule is Cc1nc(NCCNC(=O)c2c(C)nn(C)c2C)cc(N2CCOCC2)n1. The highest BCUT2D eigenvalue weighted by Crippen LogP contribution is 2.17. The summed E-state index contributed by atoms with van der Waals surface area (Å²) in [5.74, 6) is 2.27. The third-order valence-electron chi connectivity index (χ3n) is 4.61. The average Bonchev–Trinajstić information content (AvgIpc) is 2.91. The maximum Gasteiger partial charge on any atom is 0.255 e. The fourth-order valence-corrected chi connectivity index (χ4v) is 3.15. The number of nitrogens with zero attached hydrogens (tertiary/aromatic N) is 5. The maximum atomic E-state index is 12.4. The molecule has 0 atom stereocenters. The largest absolute Gasteiger partial charge is 0.378 e. The van der Waals surface area contributed by atoms with Crippen molar-refractivity contribution in [3.63, 3.8) is 0 Å². The number of anilines is 2. The second-order valence-electron chi connectivity index (χ2n) is 6.61. The maximum absolute atomic E-state index is 12.4. The molecule has 0 aromatic carbocycles. The Balaban J connectivity index is 1.54. The van der Waals surface area contributed by atoms with Gasteiger partial charge in [0.25, 0.3) is 5.91 Å². The molecule has 2 aromatic rings. The van der Waals surface area contributed by atoms with E-state index in [4.69, 9.17) is 4.74 Å². The van der Waals surface area contributed by atoms with Crippen LogP contribution in [0.4, 0.5) is 11.6 Å². The van der Waals surface area contributed by atoms with E-state index in [0.29, 0.717) is 37.7 Å². The van der Waals surface area contributed by atoms with Crippen LogP contribution in [-0.2, 0) is 11.8 Å². The number of nitrogens with one attached hydrogen (secondary N) is 2. The molecule has 1 aliphatic heterocycles. The Hall–Kier alpha value is -2.68. The highest BCUT2D eigenvalue weighted by atomic mass is 16.5. The number of amides is 1. The first-order chi connectivity index (χ1) is 13.0. The molecule has 3 rings (SSSR count). The molecule has 1 amide bonds. The van der Waals surface area contributed by atoms with E-state index in [1.54, 1.807) is 4.68 Å². The summed E-state index contributed by atoms with van der Waals surface area (Å²) in [5.41, 5.74) is 2.24. The summed E-state index contributed by atoms with van der Waals surface area (Å²) >= 11 is 0. The van der Waals surface area contributed by atoms with E-state index < -0.39 is 0 Å². The molecule has 0 aliphatic carbocycles. The molecular formula is C18H27N7O2. The zero-order chi connectivity index (χ0) is 19.4. The molecule has 0 saturated carbocycles. The third kappa shape index (κ3) is 4.54. The second-order valence-corrected chi connectivity index (χ2v) is 6.61. The molecule has 1 saturated heterocycles. The van der Waals surface area contributed by atoms with Crippen molar-refractivity contribution in [2.45, 2.75) is 20.8 Å². The fourth-order valence-electron chi connectivity index (χ4n) is 3.15. The topological polar surface area (TPSA) is 97.2 Å². The Labute approximate surface area is 159 Å². The lowest BCUT2D eigenvalue weighted by Gasteiger charge is -2.28. The Kier molecular flexibility index (Phi) is 5.90. The Bertz CT molecular complexity index is 812. The van der Waals surface area contributed by atoms with E-state index in [0.717, 1.165) is 36.1 Å². The second kappa shape index (κ2) is 8.34. The quantitative estimate of drug-likeness (QED) is 0.723. The van der Waals surface area contributed by atoms with Gasteiger partial charge in [0.05, 0.1) is 24.5 Å². The van der Waals surface area contributed by atoms with E-state index >= 15 is 0 Å². The van der Waals surface area contributed by atoms with Crippen molar-refractivity contribution in [2.75, 3.05) is 49.6 Å². The van der Waals surface area contributed by atoms with Gasteiger partial charge >= 0.3 is 0 Å². The van der Waals surface area contributed by atoms with E-state index in [1.807, 2.05) is 33.9 Å². The van der Waals surface area contributed by atoms with E-state index in [-0.39, 0.29) is 5.91 Å². The number of rotatable bonds is 6. The van der Waals surface area contributed by atoms with Gasteiger partial charge in [0.2, 0.25) is 0 Å². The van der Waals surface area contributed by atoms with E-state index in [2.05, 4.69) is 30.6 Å². The molecular weight excluding hydrogens is 346 g/mol. The zero-order valence-electron chi connectivity index (χ0n) is 16.4. The van der Waals surface area contributed by atoms with Crippen LogP contribution in [0.1, 0.15) is 27.6 Å². The van der Waals surface area contributed by atoms with Gasteiger partial charge in [-0.25, -0.2) is 9.97 Å². The van der Waals surface area contributed by atoms with E-state index in [9.17, 15) is 4.79 Å². The Morgan fingerprint density at radius 2 is 1.93 bits per heavy atom. The van der Waals surface area contributed by atoms with Gasteiger partial charge in [-0.05, 0) is 20.8 Å². The van der Waals surface area contributed by atoms with Gasteiger partial charge in [-0.2, -0.15) is 5.10 Å². The molecule has 9 nitrogen and oxygen atoms in total.